The van der Waals surface area contributed by atoms with Gasteiger partial charge in [0.1, 0.15) is 9.79 Å². The van der Waals surface area contributed by atoms with Gasteiger partial charge in [0.05, 0.1) is 42.8 Å². The third-order valence-corrected chi connectivity index (χ3v) is 12.8. The third-order valence-electron chi connectivity index (χ3n) is 8.70. The number of carbonyl (C=O) groups excluding carboxylic acids is 2. The molecule has 4 aromatic rings. The summed E-state index contributed by atoms with van der Waals surface area (Å²) in [6.45, 7) is 7.47. The third kappa shape index (κ3) is 9.00. The van der Waals surface area contributed by atoms with Crippen LogP contribution in [0.1, 0.15) is 93.6 Å². The molecule has 0 amide bonds. The molecule has 0 saturated carbocycles. The van der Waals surface area contributed by atoms with E-state index in [1.165, 1.54) is 0 Å². The average molecular weight is 895 g/mol. The van der Waals surface area contributed by atoms with Crippen molar-refractivity contribution in [1.29, 1.82) is 0 Å². The van der Waals surface area contributed by atoms with E-state index in [0.717, 1.165) is 12.8 Å². The number of ketones is 2. The molecule has 16 heteroatoms. The molecule has 1 aliphatic carbocycles. The zero-order chi connectivity index (χ0) is 36.7. The van der Waals surface area contributed by atoms with Crippen LogP contribution < -0.4 is 10.6 Å². The molecule has 0 unspecified atom stereocenters. The molecule has 0 fully saturated rings. The van der Waals surface area contributed by atoms with E-state index in [1.807, 2.05) is 13.8 Å². The Hall–Kier alpha value is -1.40. The van der Waals surface area contributed by atoms with E-state index in [1.54, 1.807) is 62.4 Å². The van der Waals surface area contributed by atoms with Crippen LogP contribution in [0.2, 0.25) is 0 Å². The predicted octanol–water partition coefficient (Wildman–Crippen LogP) is 8.51. The van der Waals surface area contributed by atoms with Gasteiger partial charge in [-0.3, -0.25) is 18.7 Å². The number of hydrogen-bond donors (Lipinski definition) is 4. The second-order valence-electron chi connectivity index (χ2n) is 12.3. The Morgan fingerprint density at radius 3 is 1.29 bits per heavy atom. The molecule has 0 spiro atoms. The number of nitrogens with one attached hydrogen (secondary N) is 2. The maximum Gasteiger partial charge on any atom is 0.296 e. The standard InChI is InChI=1S/C36H36Br2N2O8S2.2Na/c1-5-7-11-21-17-19(3)31(29(37)35(21)49(43,44)45)39-25-15-16-26(28-27(25)33(41)23-13-9-10-14-24(23)34(28)42)40-32-20(4)18-22(12-8-6-2)36(30(32)38)50(46,47)48;;/h9-10,13-18,39-40H,5-8,11-12H2,1-4H3,(H,43,44,45)(H,46,47,48);;. The van der Waals surface area contributed by atoms with Gasteiger partial charge in [0.2, 0.25) is 0 Å². The fourth-order valence-corrected chi connectivity index (χ4v) is 10.5. The maximum absolute atomic E-state index is 14.2. The number of aryl methyl sites for hydroxylation is 4. The Bertz CT molecular complexity index is 2140. The van der Waals surface area contributed by atoms with Crippen LogP contribution in [-0.4, -0.2) is 96.6 Å². The van der Waals surface area contributed by atoms with E-state index in [2.05, 4.69) is 42.5 Å². The van der Waals surface area contributed by atoms with Crippen LogP contribution >= 0.6 is 31.9 Å². The molecule has 0 aliphatic heterocycles. The van der Waals surface area contributed by atoms with Crippen LogP contribution in [0.15, 0.2) is 67.3 Å². The molecule has 266 valence electrons. The van der Waals surface area contributed by atoms with E-state index in [4.69, 9.17) is 0 Å². The van der Waals surface area contributed by atoms with E-state index in [0.29, 0.717) is 47.9 Å². The van der Waals surface area contributed by atoms with Crippen molar-refractivity contribution in [3.8, 4) is 0 Å². The number of halogens is 2. The summed E-state index contributed by atoms with van der Waals surface area (Å²) in [5, 5.41) is 6.34. The molecule has 10 nitrogen and oxygen atoms in total. The molecule has 4 N–H and O–H groups in total. The summed E-state index contributed by atoms with van der Waals surface area (Å²) in [7, 11) is -9.32. The van der Waals surface area contributed by atoms with Gasteiger partial charge in [-0.1, -0.05) is 63.1 Å². The Balaban J connectivity index is 0.00000364. The average Bonchev–Trinajstić information content (AvgIpc) is 3.03. The van der Waals surface area contributed by atoms with Gasteiger partial charge in [0.25, 0.3) is 20.2 Å². The van der Waals surface area contributed by atoms with Gasteiger partial charge in [-0.25, -0.2) is 0 Å². The van der Waals surface area contributed by atoms with Crippen molar-refractivity contribution in [1.82, 2.24) is 0 Å². The predicted molar refractivity (Wildman–Crippen MR) is 212 cm³/mol. The first-order valence-electron chi connectivity index (χ1n) is 16.0. The fraction of sp³-hybridized carbons (Fsp3) is 0.278. The number of anilines is 4. The monoisotopic (exact) mass is 892 g/mol. The van der Waals surface area contributed by atoms with Crippen LogP contribution in [0.3, 0.4) is 0 Å². The maximum atomic E-state index is 14.2. The minimum Gasteiger partial charge on any atom is -0.354 e. The molecule has 0 aromatic heterocycles. The van der Waals surface area contributed by atoms with Crippen LogP contribution in [0, 0.1) is 13.8 Å². The molecule has 2 radical (unpaired) electrons. The van der Waals surface area contributed by atoms with Crippen molar-refractivity contribution >= 4 is 146 Å². The molecule has 4 aromatic carbocycles. The van der Waals surface area contributed by atoms with Crippen molar-refractivity contribution in [2.45, 2.75) is 76.0 Å². The van der Waals surface area contributed by atoms with Gasteiger partial charge >= 0.3 is 0 Å². The minimum atomic E-state index is -4.66. The largest absolute Gasteiger partial charge is 0.354 e. The van der Waals surface area contributed by atoms with Crippen LogP contribution in [0.25, 0.3) is 0 Å². The number of benzene rings is 4. The molecule has 1 aliphatic rings. The Morgan fingerprint density at radius 2 is 0.981 bits per heavy atom. The zero-order valence-corrected chi connectivity index (χ0v) is 38.6. The number of unbranched alkanes of at least 4 members (excludes halogenated alkanes) is 2. The number of carbonyl (C=O) groups is 2. The molecular formula is C36H36Br2N2Na2O8S2. The van der Waals surface area contributed by atoms with Crippen molar-refractivity contribution in [3.05, 3.63) is 102 Å². The Morgan fingerprint density at radius 1 is 0.635 bits per heavy atom. The summed E-state index contributed by atoms with van der Waals surface area (Å²) in [6.07, 6.45) is 3.84. The molecule has 0 bridgehead atoms. The Labute approximate surface area is 365 Å². The molecular weight excluding hydrogens is 858 g/mol. The molecule has 0 saturated heterocycles. The second-order valence-corrected chi connectivity index (χ2v) is 16.6. The Kier molecular flexibility index (Phi) is 15.6. The van der Waals surface area contributed by atoms with E-state index in [9.17, 15) is 35.5 Å². The van der Waals surface area contributed by atoms with Crippen LogP contribution in [-0.2, 0) is 33.1 Å². The van der Waals surface area contributed by atoms with E-state index >= 15 is 0 Å². The topological polar surface area (TPSA) is 167 Å². The van der Waals surface area contributed by atoms with Crippen molar-refractivity contribution in [2.75, 3.05) is 10.6 Å². The quantitative estimate of drug-likeness (QED) is 0.0705. The number of rotatable bonds is 12. The van der Waals surface area contributed by atoms with E-state index < -0.39 is 31.8 Å². The van der Waals surface area contributed by atoms with Crippen LogP contribution in [0.5, 0.6) is 0 Å². The van der Waals surface area contributed by atoms with E-state index in [-0.39, 0.29) is 123 Å². The van der Waals surface area contributed by atoms with Crippen molar-refractivity contribution < 1.29 is 35.5 Å². The summed E-state index contributed by atoms with van der Waals surface area (Å²) in [4.78, 5) is 27.9. The van der Waals surface area contributed by atoms with Crippen LogP contribution in [0.4, 0.5) is 22.7 Å². The first-order chi connectivity index (χ1) is 23.5. The molecule has 0 atom stereocenters. The van der Waals surface area contributed by atoms with Gasteiger partial charge in [-0.05, 0) is 106 Å². The zero-order valence-electron chi connectivity index (χ0n) is 29.8. The summed E-state index contributed by atoms with van der Waals surface area (Å²) in [5.74, 6) is -0.928. The minimum absolute atomic E-state index is 0. The fourth-order valence-electron chi connectivity index (χ4n) is 6.32. The summed E-state index contributed by atoms with van der Waals surface area (Å²) >= 11 is 6.79. The van der Waals surface area contributed by atoms with Gasteiger partial charge in [0.15, 0.2) is 11.6 Å². The summed E-state index contributed by atoms with van der Waals surface area (Å²) in [5.41, 5.74) is 3.48. The first-order valence-corrected chi connectivity index (χ1v) is 20.5. The van der Waals surface area contributed by atoms with Gasteiger partial charge in [0, 0.05) is 70.2 Å². The molecule has 52 heavy (non-hydrogen) atoms. The summed E-state index contributed by atoms with van der Waals surface area (Å²) < 4.78 is 70.9. The van der Waals surface area contributed by atoms with Crippen molar-refractivity contribution in [3.63, 3.8) is 0 Å². The van der Waals surface area contributed by atoms with Gasteiger partial charge < -0.3 is 10.6 Å². The second kappa shape index (κ2) is 18.0. The van der Waals surface area contributed by atoms with Gasteiger partial charge in [-0.2, -0.15) is 16.8 Å². The summed E-state index contributed by atoms with van der Waals surface area (Å²) in [6, 6.07) is 12.9. The number of hydrogen-bond acceptors (Lipinski definition) is 8. The van der Waals surface area contributed by atoms with Gasteiger partial charge in [-0.15, -0.1) is 0 Å². The number of fused-ring (bicyclic) bond motifs is 2. The van der Waals surface area contributed by atoms with Crippen molar-refractivity contribution in [2.24, 2.45) is 0 Å². The smallest absolute Gasteiger partial charge is 0.296 e. The molecule has 5 rings (SSSR count). The SMILES string of the molecule is CCCCc1cc(C)c(Nc2ccc(Nc3c(C)cc(CCCC)c(S(=O)(=O)O)c3Br)c3c2C(=O)c2ccccc2C3=O)c(Br)c1S(=O)(=O)O.[Na].[Na]. The normalized spacial score (nSPS) is 12.4. The molecule has 0 heterocycles. The first kappa shape index (κ1) is 45.0.